The Morgan fingerprint density at radius 2 is 2.40 bits per heavy atom. The number of nitriles is 1. The predicted octanol–water partition coefficient (Wildman–Crippen LogP) is 1.83. The number of hydrogen-bond acceptors (Lipinski definition) is 4. The molecule has 1 aromatic rings. The number of nitrogens with zero attached hydrogens (tertiary/aromatic N) is 2. The Balaban J connectivity index is 2.71. The molecular formula is C10H10N2O2S. The van der Waals surface area contributed by atoms with Gasteiger partial charge in [0.15, 0.2) is 0 Å². The largest absolute Gasteiger partial charge is 0.481 e. The van der Waals surface area contributed by atoms with Crippen LogP contribution in [0.1, 0.15) is 17.7 Å². The highest BCUT2D eigenvalue weighted by Gasteiger charge is 2.05. The topological polar surface area (TPSA) is 74.0 Å². The molecule has 0 aliphatic rings. The third-order valence-electron chi connectivity index (χ3n) is 1.67. The summed E-state index contributed by atoms with van der Waals surface area (Å²) in [6.07, 6.45) is 0.0746. The first kappa shape index (κ1) is 11.5. The normalized spacial score (nSPS) is 9.60. The number of rotatable bonds is 4. The standard InChI is InChI=1S/C10H10N2O2S/c1-7-2-3-8(6-11)10(12-7)15-5-4-9(13)14/h2-3H,4-5H2,1H3,(H,13,14). The second kappa shape index (κ2) is 5.37. The fraction of sp³-hybridized carbons (Fsp3) is 0.300. The van der Waals surface area contributed by atoms with E-state index in [2.05, 4.69) is 4.98 Å². The van der Waals surface area contributed by atoms with Gasteiger partial charge in [0.1, 0.15) is 11.1 Å². The highest BCUT2D eigenvalue weighted by atomic mass is 32.2. The lowest BCUT2D eigenvalue weighted by molar-refractivity contribution is -0.136. The fourth-order valence-electron chi connectivity index (χ4n) is 0.963. The van der Waals surface area contributed by atoms with E-state index in [9.17, 15) is 4.79 Å². The first-order chi connectivity index (χ1) is 7.13. The fourth-order valence-corrected chi connectivity index (χ4v) is 1.91. The van der Waals surface area contributed by atoms with E-state index in [0.29, 0.717) is 16.3 Å². The van der Waals surface area contributed by atoms with Gasteiger partial charge < -0.3 is 5.11 Å². The molecule has 0 saturated carbocycles. The lowest BCUT2D eigenvalue weighted by Gasteiger charge is -2.02. The Labute approximate surface area is 91.9 Å². The second-order valence-corrected chi connectivity index (χ2v) is 3.99. The quantitative estimate of drug-likeness (QED) is 0.786. The molecule has 0 bridgehead atoms. The molecule has 1 aromatic heterocycles. The van der Waals surface area contributed by atoms with Gasteiger partial charge in [-0.05, 0) is 19.1 Å². The van der Waals surface area contributed by atoms with Crippen LogP contribution in [-0.4, -0.2) is 21.8 Å². The highest BCUT2D eigenvalue weighted by Crippen LogP contribution is 2.20. The van der Waals surface area contributed by atoms with E-state index in [0.717, 1.165) is 5.69 Å². The van der Waals surface area contributed by atoms with E-state index in [-0.39, 0.29) is 6.42 Å². The van der Waals surface area contributed by atoms with Gasteiger partial charge in [0.05, 0.1) is 12.0 Å². The van der Waals surface area contributed by atoms with Crippen molar-refractivity contribution in [2.45, 2.75) is 18.4 Å². The number of aryl methyl sites for hydroxylation is 1. The van der Waals surface area contributed by atoms with Crippen molar-refractivity contribution in [2.24, 2.45) is 0 Å². The molecule has 0 aromatic carbocycles. The molecular weight excluding hydrogens is 212 g/mol. The van der Waals surface area contributed by atoms with E-state index in [4.69, 9.17) is 10.4 Å². The van der Waals surface area contributed by atoms with Crippen LogP contribution in [0.15, 0.2) is 17.2 Å². The number of pyridine rings is 1. The minimum atomic E-state index is -0.839. The SMILES string of the molecule is Cc1ccc(C#N)c(SCCC(=O)O)n1. The Bertz CT molecular complexity index is 412. The van der Waals surface area contributed by atoms with Gasteiger partial charge in [-0.15, -0.1) is 11.8 Å². The molecule has 0 aliphatic heterocycles. The zero-order valence-corrected chi connectivity index (χ0v) is 9.04. The van der Waals surface area contributed by atoms with Crippen molar-refractivity contribution >= 4 is 17.7 Å². The van der Waals surface area contributed by atoms with Crippen molar-refractivity contribution in [1.82, 2.24) is 4.98 Å². The van der Waals surface area contributed by atoms with Crippen molar-refractivity contribution < 1.29 is 9.90 Å². The molecule has 15 heavy (non-hydrogen) atoms. The minimum Gasteiger partial charge on any atom is -0.481 e. The van der Waals surface area contributed by atoms with Crippen LogP contribution in [0.4, 0.5) is 0 Å². The van der Waals surface area contributed by atoms with Crippen LogP contribution in [0.3, 0.4) is 0 Å². The summed E-state index contributed by atoms with van der Waals surface area (Å²) in [5.74, 6) is -0.408. The Hall–Kier alpha value is -1.54. The molecule has 0 spiro atoms. The second-order valence-electron chi connectivity index (χ2n) is 2.91. The summed E-state index contributed by atoms with van der Waals surface area (Å²) in [6, 6.07) is 5.49. The minimum absolute atomic E-state index is 0.0746. The monoisotopic (exact) mass is 222 g/mol. The summed E-state index contributed by atoms with van der Waals surface area (Å²) in [5, 5.41) is 17.9. The predicted molar refractivity (Wildman–Crippen MR) is 56.7 cm³/mol. The molecule has 4 nitrogen and oxygen atoms in total. The first-order valence-electron chi connectivity index (χ1n) is 4.36. The number of carboxylic acid groups (broad SMARTS) is 1. The van der Waals surface area contributed by atoms with Crippen LogP contribution in [0.5, 0.6) is 0 Å². The van der Waals surface area contributed by atoms with Gasteiger partial charge in [0.25, 0.3) is 0 Å². The molecule has 0 atom stereocenters. The summed E-state index contributed by atoms with van der Waals surface area (Å²) in [7, 11) is 0. The van der Waals surface area contributed by atoms with Gasteiger partial charge in [0, 0.05) is 11.4 Å². The molecule has 1 N–H and O–H groups in total. The van der Waals surface area contributed by atoms with Crippen LogP contribution in [0, 0.1) is 18.3 Å². The number of thioether (sulfide) groups is 1. The van der Waals surface area contributed by atoms with E-state index in [1.54, 1.807) is 12.1 Å². The average Bonchev–Trinajstić information content (AvgIpc) is 2.17. The van der Waals surface area contributed by atoms with Crippen molar-refractivity contribution in [3.05, 3.63) is 23.4 Å². The van der Waals surface area contributed by atoms with Gasteiger partial charge in [-0.3, -0.25) is 4.79 Å². The molecule has 0 unspecified atom stereocenters. The first-order valence-corrected chi connectivity index (χ1v) is 5.34. The molecule has 1 heterocycles. The summed E-state index contributed by atoms with van der Waals surface area (Å²) >= 11 is 1.30. The number of aromatic nitrogens is 1. The molecule has 5 heteroatoms. The van der Waals surface area contributed by atoms with Gasteiger partial charge in [-0.2, -0.15) is 5.26 Å². The van der Waals surface area contributed by atoms with Gasteiger partial charge in [-0.25, -0.2) is 4.98 Å². The molecule has 1 rings (SSSR count). The number of aliphatic carboxylic acids is 1. The van der Waals surface area contributed by atoms with Crippen molar-refractivity contribution in [2.75, 3.05) is 5.75 Å². The summed E-state index contributed by atoms with van der Waals surface area (Å²) < 4.78 is 0. The van der Waals surface area contributed by atoms with Crippen LogP contribution in [0.2, 0.25) is 0 Å². The Morgan fingerprint density at radius 1 is 1.67 bits per heavy atom. The van der Waals surface area contributed by atoms with E-state index >= 15 is 0 Å². The van der Waals surface area contributed by atoms with E-state index in [1.807, 2.05) is 13.0 Å². The van der Waals surface area contributed by atoms with E-state index in [1.165, 1.54) is 11.8 Å². The number of carbonyl (C=O) groups is 1. The third-order valence-corrected chi connectivity index (χ3v) is 2.67. The van der Waals surface area contributed by atoms with Gasteiger partial charge in [-0.1, -0.05) is 0 Å². The Kier molecular flexibility index (Phi) is 4.13. The van der Waals surface area contributed by atoms with E-state index < -0.39 is 5.97 Å². The zero-order chi connectivity index (χ0) is 11.3. The van der Waals surface area contributed by atoms with Crippen molar-refractivity contribution in [1.29, 1.82) is 5.26 Å². The summed E-state index contributed by atoms with van der Waals surface area (Å²) in [4.78, 5) is 14.5. The molecule has 0 amide bonds. The summed E-state index contributed by atoms with van der Waals surface area (Å²) in [6.45, 7) is 1.84. The highest BCUT2D eigenvalue weighted by molar-refractivity contribution is 7.99. The lowest BCUT2D eigenvalue weighted by atomic mass is 10.3. The molecule has 0 saturated heterocycles. The third kappa shape index (κ3) is 3.60. The maximum Gasteiger partial charge on any atom is 0.304 e. The zero-order valence-electron chi connectivity index (χ0n) is 8.23. The molecule has 78 valence electrons. The van der Waals surface area contributed by atoms with Crippen molar-refractivity contribution in [3.8, 4) is 6.07 Å². The van der Waals surface area contributed by atoms with Gasteiger partial charge in [0.2, 0.25) is 0 Å². The molecule has 0 aliphatic carbocycles. The number of carboxylic acids is 1. The van der Waals surface area contributed by atoms with Crippen LogP contribution >= 0.6 is 11.8 Å². The maximum absolute atomic E-state index is 10.3. The molecule has 0 radical (unpaired) electrons. The lowest BCUT2D eigenvalue weighted by Crippen LogP contribution is -1.97. The van der Waals surface area contributed by atoms with Crippen LogP contribution < -0.4 is 0 Å². The summed E-state index contributed by atoms with van der Waals surface area (Å²) in [5.41, 5.74) is 1.32. The van der Waals surface area contributed by atoms with Crippen LogP contribution in [0.25, 0.3) is 0 Å². The smallest absolute Gasteiger partial charge is 0.304 e. The Morgan fingerprint density at radius 3 is 3.00 bits per heavy atom. The average molecular weight is 222 g/mol. The van der Waals surface area contributed by atoms with Crippen LogP contribution in [-0.2, 0) is 4.79 Å². The molecule has 0 fully saturated rings. The van der Waals surface area contributed by atoms with Crippen molar-refractivity contribution in [3.63, 3.8) is 0 Å². The maximum atomic E-state index is 10.3. The van der Waals surface area contributed by atoms with Gasteiger partial charge >= 0.3 is 5.97 Å². The number of hydrogen-bond donors (Lipinski definition) is 1.